The van der Waals surface area contributed by atoms with E-state index in [2.05, 4.69) is 10.0 Å². The molecule has 10 heteroatoms. The SMILES string of the molecule is CNS(=O)(=O)c1cc(C(=O)O[C@@H](C)C(=O)Nc2ccc(F)cc2)ccc1Cl. The van der Waals surface area contributed by atoms with Crippen LogP contribution in [0.4, 0.5) is 10.1 Å². The van der Waals surface area contributed by atoms with Crippen LogP contribution in [0.25, 0.3) is 0 Å². The Bertz CT molecular complexity index is 964. The van der Waals surface area contributed by atoms with Gasteiger partial charge in [0, 0.05) is 5.69 Å². The highest BCUT2D eigenvalue weighted by Gasteiger charge is 2.22. The normalized spacial score (nSPS) is 12.3. The fourth-order valence-corrected chi connectivity index (χ4v) is 3.25. The van der Waals surface area contributed by atoms with Gasteiger partial charge in [-0.3, -0.25) is 4.79 Å². The summed E-state index contributed by atoms with van der Waals surface area (Å²) < 4.78 is 43.9. The van der Waals surface area contributed by atoms with E-state index < -0.39 is 33.8 Å². The molecule has 0 unspecified atom stereocenters. The van der Waals surface area contributed by atoms with Crippen molar-refractivity contribution in [2.24, 2.45) is 0 Å². The number of rotatable bonds is 6. The number of hydrogen-bond acceptors (Lipinski definition) is 5. The first-order valence-electron chi connectivity index (χ1n) is 7.64. The molecular weight excluding hydrogens is 399 g/mol. The van der Waals surface area contributed by atoms with Crippen molar-refractivity contribution in [1.82, 2.24) is 4.72 Å². The molecule has 0 aliphatic rings. The van der Waals surface area contributed by atoms with Crippen molar-refractivity contribution in [2.45, 2.75) is 17.9 Å². The van der Waals surface area contributed by atoms with E-state index in [4.69, 9.17) is 16.3 Å². The third kappa shape index (κ3) is 5.25. The van der Waals surface area contributed by atoms with Crippen LogP contribution in [0.3, 0.4) is 0 Å². The number of anilines is 1. The molecule has 144 valence electrons. The number of carbonyl (C=O) groups excluding carboxylic acids is 2. The van der Waals surface area contributed by atoms with Crippen LogP contribution >= 0.6 is 11.6 Å². The van der Waals surface area contributed by atoms with E-state index in [9.17, 15) is 22.4 Å². The Hall–Kier alpha value is -2.49. The molecular formula is C17H16ClFN2O5S. The molecule has 0 saturated carbocycles. The highest BCUT2D eigenvalue weighted by Crippen LogP contribution is 2.23. The zero-order valence-corrected chi connectivity index (χ0v) is 15.9. The topological polar surface area (TPSA) is 102 Å². The number of halogens is 2. The van der Waals surface area contributed by atoms with Gasteiger partial charge in [-0.2, -0.15) is 0 Å². The molecule has 1 amide bonds. The summed E-state index contributed by atoms with van der Waals surface area (Å²) >= 11 is 5.86. The van der Waals surface area contributed by atoms with Crippen LogP contribution in [0.1, 0.15) is 17.3 Å². The van der Waals surface area contributed by atoms with Crippen LogP contribution < -0.4 is 10.0 Å². The Morgan fingerprint density at radius 1 is 1.15 bits per heavy atom. The molecule has 0 fully saturated rings. The Kier molecular flexibility index (Phi) is 6.53. The number of sulfonamides is 1. The van der Waals surface area contributed by atoms with E-state index >= 15 is 0 Å². The summed E-state index contributed by atoms with van der Waals surface area (Å²) in [7, 11) is -2.67. The van der Waals surface area contributed by atoms with Crippen LogP contribution in [0, 0.1) is 5.82 Å². The van der Waals surface area contributed by atoms with Crippen molar-refractivity contribution in [3.63, 3.8) is 0 Å². The van der Waals surface area contributed by atoms with Crippen LogP contribution in [-0.4, -0.2) is 33.4 Å². The lowest BCUT2D eigenvalue weighted by Crippen LogP contribution is -2.30. The largest absolute Gasteiger partial charge is 0.449 e. The third-order valence-electron chi connectivity index (χ3n) is 3.49. The zero-order chi connectivity index (χ0) is 20.2. The summed E-state index contributed by atoms with van der Waals surface area (Å²) in [6.45, 7) is 1.35. The summed E-state index contributed by atoms with van der Waals surface area (Å²) in [6.07, 6.45) is -1.18. The highest BCUT2D eigenvalue weighted by atomic mass is 35.5. The fraction of sp³-hybridized carbons (Fsp3) is 0.176. The number of amides is 1. The average molecular weight is 415 g/mol. The zero-order valence-electron chi connectivity index (χ0n) is 14.3. The average Bonchev–Trinajstić information content (AvgIpc) is 2.63. The molecule has 0 bridgehead atoms. The number of carbonyl (C=O) groups is 2. The van der Waals surface area contributed by atoms with E-state index in [0.717, 1.165) is 6.07 Å². The number of benzene rings is 2. The predicted octanol–water partition coefficient (Wildman–Crippen LogP) is 2.57. The second-order valence-electron chi connectivity index (χ2n) is 5.40. The smallest absolute Gasteiger partial charge is 0.338 e. The maximum absolute atomic E-state index is 12.9. The van der Waals surface area contributed by atoms with Crippen LogP contribution in [0.2, 0.25) is 5.02 Å². The molecule has 0 aliphatic carbocycles. The van der Waals surface area contributed by atoms with Gasteiger partial charge >= 0.3 is 5.97 Å². The number of ether oxygens (including phenoxy) is 1. The monoisotopic (exact) mass is 414 g/mol. The van der Waals surface area contributed by atoms with Gasteiger partial charge in [-0.25, -0.2) is 22.3 Å². The first kappa shape index (κ1) is 20.8. The van der Waals surface area contributed by atoms with Gasteiger partial charge in [0.1, 0.15) is 10.7 Å². The van der Waals surface area contributed by atoms with E-state index in [1.54, 1.807) is 0 Å². The lowest BCUT2D eigenvalue weighted by molar-refractivity contribution is -0.123. The Morgan fingerprint density at radius 2 is 1.78 bits per heavy atom. The number of nitrogens with one attached hydrogen (secondary N) is 2. The van der Waals surface area contributed by atoms with Crippen LogP contribution in [-0.2, 0) is 19.6 Å². The second-order valence-corrected chi connectivity index (χ2v) is 7.66. The molecule has 0 saturated heterocycles. The lowest BCUT2D eigenvalue weighted by atomic mass is 10.2. The van der Waals surface area contributed by atoms with E-state index in [-0.39, 0.29) is 15.5 Å². The quantitative estimate of drug-likeness (QED) is 0.707. The van der Waals surface area contributed by atoms with Crippen molar-refractivity contribution < 1.29 is 27.1 Å². The van der Waals surface area contributed by atoms with E-state index in [0.29, 0.717) is 5.69 Å². The van der Waals surface area contributed by atoms with Gasteiger partial charge in [0.25, 0.3) is 5.91 Å². The van der Waals surface area contributed by atoms with Crippen LogP contribution in [0.5, 0.6) is 0 Å². The maximum Gasteiger partial charge on any atom is 0.338 e. The molecule has 2 aromatic rings. The standard InChI is InChI=1S/C17H16ClFN2O5S/c1-10(16(22)21-13-6-4-12(19)5-7-13)26-17(23)11-3-8-14(18)15(9-11)27(24,25)20-2/h3-10,20H,1-2H3,(H,21,22)/t10-/m0/s1. The fourth-order valence-electron chi connectivity index (χ4n) is 2.01. The molecule has 0 spiro atoms. The van der Waals surface area contributed by atoms with Gasteiger partial charge in [0.15, 0.2) is 6.10 Å². The first-order valence-corrected chi connectivity index (χ1v) is 9.50. The minimum absolute atomic E-state index is 0.0667. The molecule has 0 radical (unpaired) electrons. The Labute approximate surface area is 160 Å². The summed E-state index contributed by atoms with van der Waals surface area (Å²) in [5, 5.41) is 2.40. The minimum atomic E-state index is -3.87. The molecule has 0 heterocycles. The number of hydrogen-bond donors (Lipinski definition) is 2. The molecule has 0 aromatic heterocycles. The van der Waals surface area contributed by atoms with E-state index in [1.807, 2.05) is 0 Å². The molecule has 2 aromatic carbocycles. The third-order valence-corrected chi connectivity index (χ3v) is 5.39. The van der Waals surface area contributed by atoms with Crippen molar-refractivity contribution >= 4 is 39.2 Å². The molecule has 0 aliphatic heterocycles. The van der Waals surface area contributed by atoms with Crippen molar-refractivity contribution in [2.75, 3.05) is 12.4 Å². The van der Waals surface area contributed by atoms with Crippen molar-refractivity contribution in [3.8, 4) is 0 Å². The molecule has 2 rings (SSSR count). The first-order chi connectivity index (χ1) is 12.6. The van der Waals surface area contributed by atoms with Crippen molar-refractivity contribution in [1.29, 1.82) is 0 Å². The Balaban J connectivity index is 2.11. The predicted molar refractivity (Wildman–Crippen MR) is 97.6 cm³/mol. The number of esters is 1. The molecule has 2 N–H and O–H groups in total. The van der Waals surface area contributed by atoms with Gasteiger partial charge in [0.2, 0.25) is 10.0 Å². The maximum atomic E-state index is 12.9. The summed E-state index contributed by atoms with van der Waals surface area (Å²) in [4.78, 5) is 24.0. The summed E-state index contributed by atoms with van der Waals surface area (Å²) in [5.41, 5.74) is 0.243. The van der Waals surface area contributed by atoms with Gasteiger partial charge in [-0.05, 0) is 56.4 Å². The van der Waals surface area contributed by atoms with Gasteiger partial charge in [-0.15, -0.1) is 0 Å². The van der Waals surface area contributed by atoms with Crippen molar-refractivity contribution in [3.05, 3.63) is 58.9 Å². The second kappa shape index (κ2) is 8.47. The summed E-state index contributed by atoms with van der Waals surface area (Å²) in [6, 6.07) is 8.63. The molecule has 1 atom stereocenters. The van der Waals surface area contributed by atoms with Gasteiger partial charge in [-0.1, -0.05) is 11.6 Å². The summed E-state index contributed by atoms with van der Waals surface area (Å²) in [5.74, 6) is -1.99. The van der Waals surface area contributed by atoms with E-state index in [1.165, 1.54) is 50.4 Å². The molecule has 27 heavy (non-hydrogen) atoms. The van der Waals surface area contributed by atoms with Gasteiger partial charge < -0.3 is 10.1 Å². The lowest BCUT2D eigenvalue weighted by Gasteiger charge is -2.14. The van der Waals surface area contributed by atoms with Gasteiger partial charge in [0.05, 0.1) is 10.6 Å². The Morgan fingerprint density at radius 3 is 2.37 bits per heavy atom. The highest BCUT2D eigenvalue weighted by molar-refractivity contribution is 7.89. The van der Waals surface area contributed by atoms with Crippen LogP contribution in [0.15, 0.2) is 47.4 Å². The minimum Gasteiger partial charge on any atom is -0.449 e. The molecule has 7 nitrogen and oxygen atoms in total.